The van der Waals surface area contributed by atoms with Gasteiger partial charge in [0.1, 0.15) is 0 Å². The molecule has 1 aromatic heterocycles. The Labute approximate surface area is 105 Å². The molecule has 96 valence electrons. The van der Waals surface area contributed by atoms with Crippen molar-refractivity contribution in [2.24, 2.45) is 0 Å². The molecule has 0 radical (unpaired) electrons. The summed E-state index contributed by atoms with van der Waals surface area (Å²) in [6.45, 7) is 3.69. The van der Waals surface area contributed by atoms with Crippen molar-refractivity contribution in [3.05, 3.63) is 35.5 Å². The molecule has 4 N–H and O–H groups in total. The molecule has 0 saturated heterocycles. The minimum Gasteiger partial charge on any atom is -0.398 e. The van der Waals surface area contributed by atoms with E-state index in [2.05, 4.69) is 14.9 Å². The molecule has 7 heteroatoms. The van der Waals surface area contributed by atoms with Crippen LogP contribution in [0.1, 0.15) is 11.1 Å². The van der Waals surface area contributed by atoms with Crippen molar-refractivity contribution in [1.29, 1.82) is 0 Å². The molecule has 0 unspecified atom stereocenters. The molecule has 0 aliphatic heterocycles. The van der Waals surface area contributed by atoms with Gasteiger partial charge in [0, 0.05) is 5.69 Å². The highest BCUT2D eigenvalue weighted by molar-refractivity contribution is 7.92. The van der Waals surface area contributed by atoms with Crippen LogP contribution < -0.4 is 10.5 Å². The molecule has 2 rings (SSSR count). The van der Waals surface area contributed by atoms with Crippen LogP contribution in [0, 0.1) is 13.8 Å². The third-order valence-corrected chi connectivity index (χ3v) is 3.92. The van der Waals surface area contributed by atoms with Crippen molar-refractivity contribution in [2.45, 2.75) is 18.9 Å². The summed E-state index contributed by atoms with van der Waals surface area (Å²) in [5.41, 5.74) is 8.51. The molecular formula is C11H14N4O2S. The second-order valence-electron chi connectivity index (χ2n) is 4.05. The van der Waals surface area contributed by atoms with Crippen LogP contribution in [0.2, 0.25) is 0 Å². The van der Waals surface area contributed by atoms with Gasteiger partial charge >= 0.3 is 0 Å². The van der Waals surface area contributed by atoms with Crippen LogP contribution in [-0.4, -0.2) is 18.6 Å². The SMILES string of the molecule is Cc1cc(C)c(NS(=O)(=O)c2ccn[nH]2)cc1N. The summed E-state index contributed by atoms with van der Waals surface area (Å²) in [4.78, 5) is 0. The summed E-state index contributed by atoms with van der Waals surface area (Å²) >= 11 is 0. The van der Waals surface area contributed by atoms with Gasteiger partial charge in [0.25, 0.3) is 10.0 Å². The van der Waals surface area contributed by atoms with Crippen molar-refractivity contribution in [1.82, 2.24) is 10.2 Å². The van der Waals surface area contributed by atoms with Crippen molar-refractivity contribution < 1.29 is 8.42 Å². The summed E-state index contributed by atoms with van der Waals surface area (Å²) in [5, 5.41) is 6.04. The minimum atomic E-state index is -3.65. The molecule has 0 aliphatic rings. The van der Waals surface area contributed by atoms with Gasteiger partial charge in [-0.25, -0.2) is 0 Å². The molecule has 1 aromatic carbocycles. The number of H-pyrrole nitrogens is 1. The maximum Gasteiger partial charge on any atom is 0.278 e. The lowest BCUT2D eigenvalue weighted by Gasteiger charge is -2.11. The number of sulfonamides is 1. The molecule has 0 bridgehead atoms. The second-order valence-corrected chi connectivity index (χ2v) is 5.70. The van der Waals surface area contributed by atoms with E-state index < -0.39 is 10.0 Å². The number of aromatic amines is 1. The first-order valence-corrected chi connectivity index (χ1v) is 6.77. The van der Waals surface area contributed by atoms with Gasteiger partial charge in [-0.1, -0.05) is 6.07 Å². The molecule has 0 atom stereocenters. The van der Waals surface area contributed by atoms with E-state index in [-0.39, 0.29) is 5.03 Å². The van der Waals surface area contributed by atoms with Crippen LogP contribution in [0.25, 0.3) is 0 Å². The molecule has 6 nitrogen and oxygen atoms in total. The van der Waals surface area contributed by atoms with E-state index in [1.807, 2.05) is 19.9 Å². The number of nitrogens with one attached hydrogen (secondary N) is 2. The molecule has 0 saturated carbocycles. The number of aryl methyl sites for hydroxylation is 2. The number of anilines is 2. The lowest BCUT2D eigenvalue weighted by atomic mass is 10.1. The zero-order valence-electron chi connectivity index (χ0n) is 10.1. The van der Waals surface area contributed by atoms with E-state index in [1.165, 1.54) is 12.3 Å². The number of nitrogens with two attached hydrogens (primary N) is 1. The topological polar surface area (TPSA) is 101 Å². The normalized spacial score (nSPS) is 11.4. The van der Waals surface area contributed by atoms with E-state index in [0.29, 0.717) is 11.4 Å². The third-order valence-electron chi connectivity index (χ3n) is 2.62. The first-order valence-electron chi connectivity index (χ1n) is 5.29. The first kappa shape index (κ1) is 12.4. The van der Waals surface area contributed by atoms with Crippen molar-refractivity contribution in [2.75, 3.05) is 10.5 Å². The molecular weight excluding hydrogens is 252 g/mol. The number of aromatic nitrogens is 2. The fourth-order valence-corrected chi connectivity index (χ4v) is 2.60. The Morgan fingerprint density at radius 1 is 1.28 bits per heavy atom. The van der Waals surface area contributed by atoms with E-state index in [9.17, 15) is 8.42 Å². The zero-order chi connectivity index (χ0) is 13.3. The predicted molar refractivity (Wildman–Crippen MR) is 69.7 cm³/mol. The standard InChI is InChI=1S/C11H14N4O2S/c1-7-5-8(2)10(6-9(7)12)15-18(16,17)11-3-4-13-14-11/h3-6,15H,12H2,1-2H3,(H,13,14). The Hall–Kier alpha value is -2.02. The molecule has 18 heavy (non-hydrogen) atoms. The summed E-state index contributed by atoms with van der Waals surface area (Å²) in [7, 11) is -3.65. The number of nitrogens with zero attached hydrogens (tertiary/aromatic N) is 1. The Balaban J connectivity index is 2.39. The largest absolute Gasteiger partial charge is 0.398 e. The summed E-state index contributed by atoms with van der Waals surface area (Å²) in [6, 6.07) is 4.83. The van der Waals surface area contributed by atoms with Gasteiger partial charge < -0.3 is 5.73 Å². The van der Waals surface area contributed by atoms with Crippen LogP contribution in [0.5, 0.6) is 0 Å². The van der Waals surface area contributed by atoms with Gasteiger partial charge in [-0.15, -0.1) is 0 Å². The van der Waals surface area contributed by atoms with Crippen LogP contribution >= 0.6 is 0 Å². The Morgan fingerprint density at radius 2 is 2.00 bits per heavy atom. The number of hydrogen-bond donors (Lipinski definition) is 3. The van der Waals surface area contributed by atoms with E-state index in [1.54, 1.807) is 6.07 Å². The number of benzene rings is 1. The summed E-state index contributed by atoms with van der Waals surface area (Å²) < 4.78 is 26.5. The average Bonchev–Trinajstić information content (AvgIpc) is 2.79. The highest BCUT2D eigenvalue weighted by Crippen LogP contribution is 2.24. The molecule has 1 heterocycles. The monoisotopic (exact) mass is 266 g/mol. The molecule has 2 aromatic rings. The van der Waals surface area contributed by atoms with Crippen molar-refractivity contribution in [3.8, 4) is 0 Å². The van der Waals surface area contributed by atoms with Crippen LogP contribution in [-0.2, 0) is 10.0 Å². The molecule has 0 amide bonds. The summed E-state index contributed by atoms with van der Waals surface area (Å²) in [6.07, 6.45) is 1.38. The minimum absolute atomic E-state index is 0.0149. The van der Waals surface area contributed by atoms with Gasteiger partial charge in [0.05, 0.1) is 11.9 Å². The van der Waals surface area contributed by atoms with Crippen molar-refractivity contribution >= 4 is 21.4 Å². The molecule has 0 aliphatic carbocycles. The van der Waals surface area contributed by atoms with Crippen molar-refractivity contribution in [3.63, 3.8) is 0 Å². The first-order chi connectivity index (χ1) is 8.40. The Bertz CT molecular complexity index is 663. The lowest BCUT2D eigenvalue weighted by molar-refractivity contribution is 0.597. The van der Waals surface area contributed by atoms with Gasteiger partial charge in [0.15, 0.2) is 5.03 Å². The highest BCUT2D eigenvalue weighted by Gasteiger charge is 2.16. The number of nitrogen functional groups attached to an aromatic ring is 1. The quantitative estimate of drug-likeness (QED) is 0.731. The molecule has 0 fully saturated rings. The highest BCUT2D eigenvalue weighted by atomic mass is 32.2. The van der Waals surface area contributed by atoms with Crippen LogP contribution in [0.3, 0.4) is 0 Å². The zero-order valence-corrected chi connectivity index (χ0v) is 10.9. The van der Waals surface area contributed by atoms with E-state index >= 15 is 0 Å². The Morgan fingerprint density at radius 3 is 2.61 bits per heavy atom. The maximum absolute atomic E-state index is 12.0. The average molecular weight is 266 g/mol. The fourth-order valence-electron chi connectivity index (χ4n) is 1.57. The summed E-state index contributed by atoms with van der Waals surface area (Å²) in [5.74, 6) is 0. The number of hydrogen-bond acceptors (Lipinski definition) is 4. The van der Waals surface area contributed by atoms with Gasteiger partial charge in [0.2, 0.25) is 0 Å². The van der Waals surface area contributed by atoms with Gasteiger partial charge in [-0.05, 0) is 37.1 Å². The van der Waals surface area contributed by atoms with E-state index in [0.717, 1.165) is 11.1 Å². The van der Waals surface area contributed by atoms with Crippen LogP contribution in [0.15, 0.2) is 29.4 Å². The number of rotatable bonds is 3. The van der Waals surface area contributed by atoms with Crippen LogP contribution in [0.4, 0.5) is 11.4 Å². The third kappa shape index (κ3) is 2.30. The second kappa shape index (κ2) is 4.34. The van der Waals surface area contributed by atoms with E-state index in [4.69, 9.17) is 5.73 Å². The maximum atomic E-state index is 12.0. The Kier molecular flexibility index (Phi) is 3.00. The van der Waals surface area contributed by atoms with Gasteiger partial charge in [-0.2, -0.15) is 13.5 Å². The fraction of sp³-hybridized carbons (Fsp3) is 0.182. The van der Waals surface area contributed by atoms with Gasteiger partial charge in [-0.3, -0.25) is 9.82 Å². The lowest BCUT2D eigenvalue weighted by Crippen LogP contribution is -2.14. The smallest absolute Gasteiger partial charge is 0.278 e. The predicted octanol–water partition coefficient (Wildman–Crippen LogP) is 1.41. The molecule has 0 spiro atoms.